The lowest BCUT2D eigenvalue weighted by Gasteiger charge is -2.36. The van der Waals surface area contributed by atoms with Crippen molar-refractivity contribution in [2.45, 2.75) is 43.3 Å². The molecule has 130 valence electrons. The predicted octanol–water partition coefficient (Wildman–Crippen LogP) is 3.46. The minimum Gasteiger partial charge on any atom is -0.462 e. The molecule has 1 aliphatic carbocycles. The van der Waals surface area contributed by atoms with Crippen LogP contribution in [0, 0.1) is 11.7 Å². The van der Waals surface area contributed by atoms with Gasteiger partial charge in [-0.1, -0.05) is 17.7 Å². The summed E-state index contributed by atoms with van der Waals surface area (Å²) in [6.45, 7) is 1.84. The van der Waals surface area contributed by atoms with E-state index in [9.17, 15) is 9.18 Å². The van der Waals surface area contributed by atoms with Crippen LogP contribution in [0.2, 0.25) is 5.02 Å². The van der Waals surface area contributed by atoms with Gasteiger partial charge in [0.1, 0.15) is 11.9 Å². The van der Waals surface area contributed by atoms with E-state index < -0.39 is 0 Å². The van der Waals surface area contributed by atoms with Crippen molar-refractivity contribution in [3.8, 4) is 0 Å². The van der Waals surface area contributed by atoms with Crippen molar-refractivity contribution in [3.63, 3.8) is 0 Å². The second-order valence-corrected chi connectivity index (χ2v) is 7.38. The molecular formula is C18H20ClFO4. The van der Waals surface area contributed by atoms with Crippen LogP contribution in [0.4, 0.5) is 4.39 Å². The smallest absolute Gasteiger partial charge is 0.309 e. The van der Waals surface area contributed by atoms with Crippen molar-refractivity contribution in [2.24, 2.45) is 5.92 Å². The molecule has 1 aromatic rings. The van der Waals surface area contributed by atoms with E-state index in [2.05, 4.69) is 0 Å². The van der Waals surface area contributed by atoms with Crippen LogP contribution in [0.1, 0.15) is 37.2 Å². The van der Waals surface area contributed by atoms with Crippen LogP contribution in [0.25, 0.3) is 0 Å². The van der Waals surface area contributed by atoms with Crippen LogP contribution in [0.3, 0.4) is 0 Å². The zero-order valence-corrected chi connectivity index (χ0v) is 14.1. The molecule has 1 saturated carbocycles. The molecule has 0 aromatic heterocycles. The van der Waals surface area contributed by atoms with E-state index in [1.165, 1.54) is 6.07 Å². The topological polar surface area (TPSA) is 44.8 Å². The molecular weight excluding hydrogens is 335 g/mol. The van der Waals surface area contributed by atoms with E-state index >= 15 is 0 Å². The molecule has 2 heterocycles. The summed E-state index contributed by atoms with van der Waals surface area (Å²) in [6.07, 6.45) is 2.67. The zero-order valence-electron chi connectivity index (χ0n) is 13.3. The first-order valence-electron chi connectivity index (χ1n) is 8.44. The van der Waals surface area contributed by atoms with Crippen LogP contribution in [0.15, 0.2) is 18.2 Å². The second-order valence-electron chi connectivity index (χ2n) is 6.97. The molecule has 1 spiro atoms. The molecule has 3 fully saturated rings. The summed E-state index contributed by atoms with van der Waals surface area (Å²) in [5.41, 5.74) is 0.148. The number of hydrogen-bond donors (Lipinski definition) is 0. The summed E-state index contributed by atoms with van der Waals surface area (Å²) in [5, 5.41) is 0.378. The summed E-state index contributed by atoms with van der Waals surface area (Å²) >= 11 is 6.09. The SMILES string of the molecule is O=C(OC1CCOC2(CCOC2)C1)C1CC1c1c(F)cccc1Cl. The fraction of sp³-hybridized carbons (Fsp3) is 0.611. The van der Waals surface area contributed by atoms with Crippen LogP contribution < -0.4 is 0 Å². The highest BCUT2D eigenvalue weighted by Crippen LogP contribution is 2.51. The van der Waals surface area contributed by atoms with Gasteiger partial charge in [-0.15, -0.1) is 0 Å². The molecule has 24 heavy (non-hydrogen) atoms. The number of benzene rings is 1. The molecule has 1 aromatic carbocycles. The van der Waals surface area contributed by atoms with Crippen molar-refractivity contribution in [2.75, 3.05) is 19.8 Å². The van der Waals surface area contributed by atoms with E-state index in [4.69, 9.17) is 25.8 Å². The van der Waals surface area contributed by atoms with Crippen molar-refractivity contribution in [3.05, 3.63) is 34.6 Å². The Morgan fingerprint density at radius 3 is 3.00 bits per heavy atom. The van der Waals surface area contributed by atoms with Crippen LogP contribution in [-0.4, -0.2) is 37.5 Å². The summed E-state index contributed by atoms with van der Waals surface area (Å²) in [7, 11) is 0. The maximum Gasteiger partial charge on any atom is 0.309 e. The Bertz CT molecular complexity index is 624. The third kappa shape index (κ3) is 3.05. The van der Waals surface area contributed by atoms with E-state index in [0.29, 0.717) is 49.7 Å². The van der Waals surface area contributed by atoms with Gasteiger partial charge in [0, 0.05) is 42.4 Å². The van der Waals surface area contributed by atoms with Crippen LogP contribution >= 0.6 is 11.6 Å². The third-order valence-electron chi connectivity index (χ3n) is 5.26. The first kappa shape index (κ1) is 16.3. The summed E-state index contributed by atoms with van der Waals surface area (Å²) in [4.78, 5) is 12.4. The summed E-state index contributed by atoms with van der Waals surface area (Å²) in [6, 6.07) is 4.61. The predicted molar refractivity (Wildman–Crippen MR) is 85.5 cm³/mol. The molecule has 4 unspecified atom stereocenters. The number of esters is 1. The lowest BCUT2D eigenvalue weighted by atomic mass is 9.91. The van der Waals surface area contributed by atoms with E-state index in [1.807, 2.05) is 0 Å². The average molecular weight is 355 g/mol. The largest absolute Gasteiger partial charge is 0.462 e. The van der Waals surface area contributed by atoms with Crippen LogP contribution in [0.5, 0.6) is 0 Å². The summed E-state index contributed by atoms with van der Waals surface area (Å²) in [5.74, 6) is -1.07. The first-order valence-corrected chi connectivity index (χ1v) is 8.82. The highest BCUT2D eigenvalue weighted by atomic mass is 35.5. The number of carbonyl (C=O) groups excluding carboxylic acids is 1. The van der Waals surface area contributed by atoms with Gasteiger partial charge in [-0.05, 0) is 18.6 Å². The van der Waals surface area contributed by atoms with Gasteiger partial charge in [-0.2, -0.15) is 0 Å². The van der Waals surface area contributed by atoms with E-state index in [-0.39, 0.29) is 35.3 Å². The fourth-order valence-corrected chi connectivity index (χ4v) is 4.14. The van der Waals surface area contributed by atoms with Gasteiger partial charge in [0.2, 0.25) is 0 Å². The molecule has 6 heteroatoms. The van der Waals surface area contributed by atoms with E-state index in [0.717, 1.165) is 6.42 Å². The van der Waals surface area contributed by atoms with Gasteiger partial charge in [0.15, 0.2) is 0 Å². The zero-order chi connectivity index (χ0) is 16.7. The van der Waals surface area contributed by atoms with Gasteiger partial charge in [-0.25, -0.2) is 4.39 Å². The maximum absolute atomic E-state index is 14.0. The number of rotatable bonds is 3. The molecule has 2 saturated heterocycles. The first-order chi connectivity index (χ1) is 11.6. The molecule has 0 bridgehead atoms. The normalized spacial score (nSPS) is 35.2. The lowest BCUT2D eigenvalue weighted by molar-refractivity contribution is -0.167. The van der Waals surface area contributed by atoms with Gasteiger partial charge in [0.25, 0.3) is 0 Å². The van der Waals surface area contributed by atoms with Crippen molar-refractivity contribution in [1.29, 1.82) is 0 Å². The maximum atomic E-state index is 14.0. The number of carbonyl (C=O) groups is 1. The number of hydrogen-bond acceptors (Lipinski definition) is 4. The molecule has 0 radical (unpaired) electrons. The minimum absolute atomic E-state index is 0.148. The Morgan fingerprint density at radius 1 is 1.38 bits per heavy atom. The lowest BCUT2D eigenvalue weighted by Crippen LogP contribution is -2.44. The Labute approximate surface area is 145 Å². The standard InChI is InChI=1S/C18H20ClFO4/c19-14-2-1-3-15(20)16(14)12-8-13(12)17(21)24-11-4-6-23-18(9-11)5-7-22-10-18/h1-3,11-13H,4-10H2. The van der Waals surface area contributed by atoms with E-state index in [1.54, 1.807) is 12.1 Å². The van der Waals surface area contributed by atoms with Gasteiger partial charge in [-0.3, -0.25) is 4.79 Å². The van der Waals surface area contributed by atoms with Crippen molar-refractivity contribution >= 4 is 17.6 Å². The van der Waals surface area contributed by atoms with Gasteiger partial charge >= 0.3 is 5.97 Å². The third-order valence-corrected chi connectivity index (χ3v) is 5.59. The molecule has 4 rings (SSSR count). The molecule has 0 N–H and O–H groups in total. The molecule has 0 amide bonds. The number of halogens is 2. The average Bonchev–Trinajstić information content (AvgIpc) is 3.21. The minimum atomic E-state index is -0.351. The highest BCUT2D eigenvalue weighted by molar-refractivity contribution is 6.31. The van der Waals surface area contributed by atoms with Gasteiger partial charge in [0.05, 0.1) is 24.7 Å². The molecule has 3 aliphatic rings. The van der Waals surface area contributed by atoms with Crippen molar-refractivity contribution < 1.29 is 23.4 Å². The Hall–Kier alpha value is -1.17. The number of ether oxygens (including phenoxy) is 3. The Balaban J connectivity index is 1.38. The van der Waals surface area contributed by atoms with Gasteiger partial charge < -0.3 is 14.2 Å². The molecule has 4 nitrogen and oxygen atoms in total. The second kappa shape index (κ2) is 6.28. The van der Waals surface area contributed by atoms with Crippen LogP contribution in [-0.2, 0) is 19.0 Å². The van der Waals surface area contributed by atoms with Crippen molar-refractivity contribution in [1.82, 2.24) is 0 Å². The Morgan fingerprint density at radius 2 is 2.25 bits per heavy atom. The molecule has 4 atom stereocenters. The quantitative estimate of drug-likeness (QED) is 0.780. The highest BCUT2D eigenvalue weighted by Gasteiger charge is 2.49. The fourth-order valence-electron chi connectivity index (χ4n) is 3.84. The molecule has 2 aliphatic heterocycles. The summed E-state index contributed by atoms with van der Waals surface area (Å²) < 4.78 is 30.9. The monoisotopic (exact) mass is 354 g/mol. The Kier molecular flexibility index (Phi) is 4.27.